The molecule has 4 heteroatoms. The molecule has 2 N–H and O–H groups in total. The van der Waals surface area contributed by atoms with E-state index in [0.717, 1.165) is 32.6 Å². The lowest BCUT2D eigenvalue weighted by Crippen LogP contribution is -2.33. The zero-order valence-corrected chi connectivity index (χ0v) is 10.5. The molecule has 0 saturated carbocycles. The van der Waals surface area contributed by atoms with E-state index in [0.29, 0.717) is 6.04 Å². The van der Waals surface area contributed by atoms with Crippen molar-refractivity contribution < 1.29 is 4.79 Å². The highest BCUT2D eigenvalue weighted by Crippen LogP contribution is 1.93. The Hall–Kier alpha value is -0.610. The van der Waals surface area contributed by atoms with E-state index in [9.17, 15) is 4.79 Å². The summed E-state index contributed by atoms with van der Waals surface area (Å²) in [6.07, 6.45) is 1.15. The van der Waals surface area contributed by atoms with Crippen LogP contribution >= 0.6 is 0 Å². The van der Waals surface area contributed by atoms with E-state index in [4.69, 9.17) is 0 Å². The van der Waals surface area contributed by atoms with Gasteiger partial charge in [0.2, 0.25) is 5.91 Å². The standard InChI is InChI=1S/C11H25N3O/c1-10(2)14(4)9-5-6-12-7-8-13-11(3)15/h10,12H,5-9H2,1-4H3,(H,13,15). The summed E-state index contributed by atoms with van der Waals surface area (Å²) in [6, 6.07) is 0.615. The summed E-state index contributed by atoms with van der Waals surface area (Å²) in [5.74, 6) is 0.0383. The number of nitrogens with zero attached hydrogens (tertiary/aromatic N) is 1. The number of amides is 1. The van der Waals surface area contributed by atoms with Crippen LogP contribution in [-0.2, 0) is 4.79 Å². The SMILES string of the molecule is CC(=O)NCCNCCCN(C)C(C)C. The van der Waals surface area contributed by atoms with Gasteiger partial charge in [-0.05, 0) is 40.4 Å². The first-order valence-electron chi connectivity index (χ1n) is 5.69. The Labute approximate surface area is 93.4 Å². The highest BCUT2D eigenvalue weighted by atomic mass is 16.1. The summed E-state index contributed by atoms with van der Waals surface area (Å²) >= 11 is 0. The topological polar surface area (TPSA) is 44.4 Å². The van der Waals surface area contributed by atoms with E-state index in [2.05, 4.69) is 36.4 Å². The van der Waals surface area contributed by atoms with Crippen molar-refractivity contribution in [2.45, 2.75) is 33.2 Å². The van der Waals surface area contributed by atoms with Crippen LogP contribution in [0.1, 0.15) is 27.2 Å². The molecule has 15 heavy (non-hydrogen) atoms. The van der Waals surface area contributed by atoms with Crippen LogP contribution in [0, 0.1) is 0 Å². The van der Waals surface area contributed by atoms with Crippen molar-refractivity contribution in [3.8, 4) is 0 Å². The molecule has 0 aromatic heterocycles. The molecule has 1 amide bonds. The largest absolute Gasteiger partial charge is 0.355 e. The van der Waals surface area contributed by atoms with Crippen LogP contribution in [-0.4, -0.2) is 50.1 Å². The molecule has 0 unspecified atom stereocenters. The summed E-state index contributed by atoms with van der Waals surface area (Å²) in [6.45, 7) is 9.63. The van der Waals surface area contributed by atoms with E-state index < -0.39 is 0 Å². The minimum Gasteiger partial charge on any atom is -0.355 e. The van der Waals surface area contributed by atoms with Crippen molar-refractivity contribution in [1.29, 1.82) is 0 Å². The number of rotatable bonds is 8. The van der Waals surface area contributed by atoms with Crippen molar-refractivity contribution in [2.24, 2.45) is 0 Å². The molecule has 0 rings (SSSR count). The van der Waals surface area contributed by atoms with Crippen LogP contribution in [0.5, 0.6) is 0 Å². The number of hydrogen-bond donors (Lipinski definition) is 2. The Morgan fingerprint density at radius 3 is 2.47 bits per heavy atom. The molecule has 90 valence electrons. The van der Waals surface area contributed by atoms with Crippen molar-refractivity contribution in [3.05, 3.63) is 0 Å². The molecule has 0 saturated heterocycles. The summed E-state index contributed by atoms with van der Waals surface area (Å²) in [5.41, 5.74) is 0. The maximum atomic E-state index is 10.6. The van der Waals surface area contributed by atoms with Gasteiger partial charge in [-0.2, -0.15) is 0 Å². The Morgan fingerprint density at radius 1 is 1.27 bits per heavy atom. The molecule has 0 aromatic rings. The van der Waals surface area contributed by atoms with Gasteiger partial charge in [0.25, 0.3) is 0 Å². The average molecular weight is 215 g/mol. The van der Waals surface area contributed by atoms with Crippen molar-refractivity contribution in [3.63, 3.8) is 0 Å². The van der Waals surface area contributed by atoms with Crippen LogP contribution in [0.4, 0.5) is 0 Å². The van der Waals surface area contributed by atoms with Gasteiger partial charge in [0.15, 0.2) is 0 Å². The van der Waals surface area contributed by atoms with Gasteiger partial charge >= 0.3 is 0 Å². The minimum atomic E-state index is 0.0383. The van der Waals surface area contributed by atoms with Crippen molar-refractivity contribution >= 4 is 5.91 Å². The second kappa shape index (κ2) is 8.68. The van der Waals surface area contributed by atoms with Crippen LogP contribution in [0.15, 0.2) is 0 Å². The van der Waals surface area contributed by atoms with Crippen molar-refractivity contribution in [2.75, 3.05) is 33.2 Å². The Bertz CT molecular complexity index is 171. The molecule has 0 aromatic carbocycles. The lowest BCUT2D eigenvalue weighted by atomic mass is 10.3. The molecule has 0 aliphatic heterocycles. The fourth-order valence-corrected chi connectivity index (χ4v) is 1.16. The van der Waals surface area contributed by atoms with Crippen LogP contribution in [0.3, 0.4) is 0 Å². The number of carbonyl (C=O) groups is 1. The number of nitrogens with one attached hydrogen (secondary N) is 2. The van der Waals surface area contributed by atoms with Gasteiger partial charge in [0, 0.05) is 26.1 Å². The first kappa shape index (κ1) is 14.4. The third kappa shape index (κ3) is 9.69. The first-order chi connectivity index (χ1) is 7.04. The van der Waals surface area contributed by atoms with E-state index in [1.165, 1.54) is 6.92 Å². The Morgan fingerprint density at radius 2 is 1.93 bits per heavy atom. The monoisotopic (exact) mass is 215 g/mol. The third-order valence-electron chi connectivity index (χ3n) is 2.42. The molecule has 0 fully saturated rings. The van der Waals surface area contributed by atoms with Gasteiger partial charge in [-0.3, -0.25) is 4.79 Å². The second-order valence-corrected chi connectivity index (χ2v) is 4.16. The highest BCUT2D eigenvalue weighted by molar-refractivity contribution is 5.72. The van der Waals surface area contributed by atoms with Gasteiger partial charge in [0.1, 0.15) is 0 Å². The van der Waals surface area contributed by atoms with Gasteiger partial charge < -0.3 is 15.5 Å². The normalized spacial score (nSPS) is 11.1. The lowest BCUT2D eigenvalue weighted by molar-refractivity contribution is -0.118. The molecule has 0 radical (unpaired) electrons. The fraction of sp³-hybridized carbons (Fsp3) is 0.909. The van der Waals surface area contributed by atoms with Gasteiger partial charge in [-0.25, -0.2) is 0 Å². The Balaban J connectivity index is 3.15. The molecule has 0 aliphatic carbocycles. The summed E-state index contributed by atoms with van der Waals surface area (Å²) in [5, 5.41) is 6.05. The van der Waals surface area contributed by atoms with E-state index in [-0.39, 0.29) is 5.91 Å². The number of hydrogen-bond acceptors (Lipinski definition) is 3. The van der Waals surface area contributed by atoms with Crippen molar-refractivity contribution in [1.82, 2.24) is 15.5 Å². The van der Waals surface area contributed by atoms with Crippen LogP contribution in [0.2, 0.25) is 0 Å². The number of carbonyl (C=O) groups excluding carboxylic acids is 1. The zero-order chi connectivity index (χ0) is 11.7. The molecule has 0 spiro atoms. The van der Waals surface area contributed by atoms with Gasteiger partial charge in [-0.15, -0.1) is 0 Å². The van der Waals surface area contributed by atoms with E-state index in [1.54, 1.807) is 0 Å². The molecule has 0 heterocycles. The van der Waals surface area contributed by atoms with Crippen LogP contribution in [0.25, 0.3) is 0 Å². The summed E-state index contributed by atoms with van der Waals surface area (Å²) in [7, 11) is 2.14. The van der Waals surface area contributed by atoms with E-state index >= 15 is 0 Å². The molecular formula is C11H25N3O. The molecular weight excluding hydrogens is 190 g/mol. The predicted molar refractivity (Wildman–Crippen MR) is 63.9 cm³/mol. The first-order valence-corrected chi connectivity index (χ1v) is 5.69. The second-order valence-electron chi connectivity index (χ2n) is 4.16. The minimum absolute atomic E-state index is 0.0383. The maximum Gasteiger partial charge on any atom is 0.216 e. The molecule has 0 atom stereocenters. The average Bonchev–Trinajstić information content (AvgIpc) is 2.15. The summed E-state index contributed by atoms with van der Waals surface area (Å²) < 4.78 is 0. The molecule has 0 bridgehead atoms. The molecule has 4 nitrogen and oxygen atoms in total. The Kier molecular flexibility index (Phi) is 8.33. The van der Waals surface area contributed by atoms with Gasteiger partial charge in [0.05, 0.1) is 0 Å². The maximum absolute atomic E-state index is 10.6. The quantitative estimate of drug-likeness (QED) is 0.578. The zero-order valence-electron chi connectivity index (χ0n) is 10.5. The van der Waals surface area contributed by atoms with E-state index in [1.807, 2.05) is 0 Å². The highest BCUT2D eigenvalue weighted by Gasteiger charge is 2.01. The molecule has 0 aliphatic rings. The summed E-state index contributed by atoms with van der Waals surface area (Å²) in [4.78, 5) is 12.9. The smallest absolute Gasteiger partial charge is 0.216 e. The lowest BCUT2D eigenvalue weighted by Gasteiger charge is -2.20. The fourth-order valence-electron chi connectivity index (χ4n) is 1.16. The predicted octanol–water partition coefficient (Wildman–Crippen LogP) is 0.442. The van der Waals surface area contributed by atoms with Gasteiger partial charge in [-0.1, -0.05) is 0 Å². The van der Waals surface area contributed by atoms with Crippen LogP contribution < -0.4 is 10.6 Å². The third-order valence-corrected chi connectivity index (χ3v) is 2.42.